The second kappa shape index (κ2) is 9.74. The average molecular weight is 462 g/mol. The third kappa shape index (κ3) is 4.34. The third-order valence-electron chi connectivity index (χ3n) is 5.75. The number of likely N-dealkylation sites (tertiary alicyclic amines) is 1. The van der Waals surface area contributed by atoms with Crippen LogP contribution in [0, 0.1) is 5.82 Å². The number of aliphatic hydroxyl groups is 1. The number of ketones is 1. The standard InChI is InChI=1S/C26H23FN2O5/c1-33-20-10-5-16(14-21(20)34-2)11-13-29-23(18-4-3-12-28-15-18)22(25(31)26(29)32)24(30)17-6-8-19(27)9-7-17/h3-10,12,14-15,23,30H,11,13H2,1-2H3/t23-/m1/s1. The molecule has 0 radical (unpaired) electrons. The number of benzene rings is 2. The molecular formula is C26H23FN2O5. The van der Waals surface area contributed by atoms with Crippen LogP contribution in [0.3, 0.4) is 0 Å². The van der Waals surface area contributed by atoms with Crippen molar-refractivity contribution in [3.8, 4) is 11.5 Å². The number of rotatable bonds is 7. The Bertz CT molecular complexity index is 1240. The fraction of sp³-hybridized carbons (Fsp3) is 0.192. The minimum Gasteiger partial charge on any atom is -0.507 e. The van der Waals surface area contributed by atoms with Gasteiger partial charge >= 0.3 is 0 Å². The number of hydrogen-bond donors (Lipinski definition) is 1. The first-order valence-electron chi connectivity index (χ1n) is 10.6. The average Bonchev–Trinajstić information content (AvgIpc) is 3.12. The van der Waals surface area contributed by atoms with Crippen molar-refractivity contribution in [2.24, 2.45) is 0 Å². The molecule has 0 aliphatic carbocycles. The second-order valence-electron chi connectivity index (χ2n) is 7.73. The van der Waals surface area contributed by atoms with Gasteiger partial charge in [-0.25, -0.2) is 4.39 Å². The van der Waals surface area contributed by atoms with Crippen molar-refractivity contribution in [3.05, 3.63) is 95.1 Å². The lowest BCUT2D eigenvalue weighted by Gasteiger charge is -2.25. The molecule has 2 heterocycles. The highest BCUT2D eigenvalue weighted by molar-refractivity contribution is 6.46. The van der Waals surface area contributed by atoms with E-state index in [4.69, 9.17) is 9.47 Å². The van der Waals surface area contributed by atoms with E-state index in [1.54, 1.807) is 37.7 Å². The number of aliphatic hydroxyl groups excluding tert-OH is 1. The third-order valence-corrected chi connectivity index (χ3v) is 5.75. The van der Waals surface area contributed by atoms with E-state index < -0.39 is 23.5 Å². The molecule has 1 saturated heterocycles. The Morgan fingerprint density at radius 2 is 1.79 bits per heavy atom. The molecule has 0 unspecified atom stereocenters. The number of carbonyl (C=O) groups is 2. The highest BCUT2D eigenvalue weighted by Crippen LogP contribution is 2.39. The number of halogens is 1. The van der Waals surface area contributed by atoms with Gasteiger partial charge in [-0.2, -0.15) is 0 Å². The SMILES string of the molecule is COc1ccc(CCN2C(=O)C(=O)C(=C(O)c3ccc(F)cc3)[C@H]2c2cccnc2)cc1OC. The molecular weight excluding hydrogens is 439 g/mol. The van der Waals surface area contributed by atoms with Gasteiger partial charge in [-0.15, -0.1) is 0 Å². The van der Waals surface area contributed by atoms with Crippen LogP contribution < -0.4 is 9.47 Å². The zero-order chi connectivity index (χ0) is 24.2. The number of carbonyl (C=O) groups excluding carboxylic acids is 2. The number of hydrogen-bond acceptors (Lipinski definition) is 6. The van der Waals surface area contributed by atoms with Crippen LogP contribution in [0.2, 0.25) is 0 Å². The zero-order valence-corrected chi connectivity index (χ0v) is 18.7. The zero-order valence-electron chi connectivity index (χ0n) is 18.7. The minimum atomic E-state index is -0.834. The van der Waals surface area contributed by atoms with Crippen molar-refractivity contribution in [3.63, 3.8) is 0 Å². The van der Waals surface area contributed by atoms with Crippen LogP contribution in [0.5, 0.6) is 11.5 Å². The van der Waals surface area contributed by atoms with E-state index in [9.17, 15) is 19.1 Å². The van der Waals surface area contributed by atoms with Gasteiger partial charge in [0.1, 0.15) is 11.6 Å². The largest absolute Gasteiger partial charge is 0.507 e. The van der Waals surface area contributed by atoms with Crippen molar-refractivity contribution >= 4 is 17.4 Å². The molecule has 4 rings (SSSR count). The number of pyridine rings is 1. The Morgan fingerprint density at radius 3 is 2.44 bits per heavy atom. The Kier molecular flexibility index (Phi) is 6.58. The first kappa shape index (κ1) is 23.0. The highest BCUT2D eigenvalue weighted by atomic mass is 19.1. The predicted molar refractivity (Wildman–Crippen MR) is 123 cm³/mol. The van der Waals surface area contributed by atoms with Crippen LogP contribution >= 0.6 is 0 Å². The number of Topliss-reactive ketones (excluding diaryl/α,β-unsaturated/α-hetero) is 1. The molecule has 1 amide bonds. The van der Waals surface area contributed by atoms with E-state index in [-0.39, 0.29) is 23.4 Å². The summed E-state index contributed by atoms with van der Waals surface area (Å²) in [7, 11) is 3.09. The van der Waals surface area contributed by atoms with Gasteiger partial charge in [0, 0.05) is 24.5 Å². The number of amides is 1. The Labute approximate surface area is 196 Å². The van der Waals surface area contributed by atoms with Gasteiger partial charge in [0.15, 0.2) is 11.5 Å². The van der Waals surface area contributed by atoms with E-state index in [0.717, 1.165) is 5.56 Å². The lowest BCUT2D eigenvalue weighted by Crippen LogP contribution is -2.31. The molecule has 1 aliphatic heterocycles. The van der Waals surface area contributed by atoms with Crippen molar-refractivity contribution < 1.29 is 28.6 Å². The maximum absolute atomic E-state index is 13.4. The van der Waals surface area contributed by atoms with Crippen molar-refractivity contribution in [2.75, 3.05) is 20.8 Å². The molecule has 0 saturated carbocycles. The summed E-state index contributed by atoms with van der Waals surface area (Å²) in [6.45, 7) is 0.208. The fourth-order valence-electron chi connectivity index (χ4n) is 4.04. The number of ether oxygens (including phenoxy) is 2. The van der Waals surface area contributed by atoms with Crippen LogP contribution in [0.15, 0.2) is 72.6 Å². The monoisotopic (exact) mass is 462 g/mol. The fourth-order valence-corrected chi connectivity index (χ4v) is 4.04. The second-order valence-corrected chi connectivity index (χ2v) is 7.73. The molecule has 1 aliphatic rings. The lowest BCUT2D eigenvalue weighted by molar-refractivity contribution is -0.139. The summed E-state index contributed by atoms with van der Waals surface area (Å²) in [5.74, 6) is -1.22. The van der Waals surface area contributed by atoms with Crippen LogP contribution in [0.4, 0.5) is 4.39 Å². The molecule has 1 aromatic heterocycles. The van der Waals surface area contributed by atoms with E-state index in [2.05, 4.69) is 4.98 Å². The summed E-state index contributed by atoms with van der Waals surface area (Å²) >= 11 is 0. The highest BCUT2D eigenvalue weighted by Gasteiger charge is 2.45. The molecule has 0 spiro atoms. The summed E-state index contributed by atoms with van der Waals surface area (Å²) in [4.78, 5) is 31.6. The van der Waals surface area contributed by atoms with Crippen molar-refractivity contribution in [2.45, 2.75) is 12.5 Å². The van der Waals surface area contributed by atoms with E-state index in [1.165, 1.54) is 36.3 Å². The molecule has 174 valence electrons. The summed E-state index contributed by atoms with van der Waals surface area (Å²) in [5.41, 5.74) is 1.64. The summed E-state index contributed by atoms with van der Waals surface area (Å²) in [5, 5.41) is 11.0. The summed E-state index contributed by atoms with van der Waals surface area (Å²) in [6.07, 6.45) is 3.57. The maximum Gasteiger partial charge on any atom is 0.295 e. The quantitative estimate of drug-likeness (QED) is 0.326. The smallest absolute Gasteiger partial charge is 0.295 e. The summed E-state index contributed by atoms with van der Waals surface area (Å²) in [6, 6.07) is 13.1. The minimum absolute atomic E-state index is 0.0584. The first-order valence-corrected chi connectivity index (χ1v) is 10.6. The van der Waals surface area contributed by atoms with Gasteiger partial charge in [-0.1, -0.05) is 12.1 Å². The Morgan fingerprint density at radius 1 is 1.06 bits per heavy atom. The molecule has 1 atom stereocenters. The first-order chi connectivity index (χ1) is 16.4. The van der Waals surface area contributed by atoms with Gasteiger partial charge in [0.05, 0.1) is 25.8 Å². The van der Waals surface area contributed by atoms with Gasteiger partial charge in [0.2, 0.25) is 0 Å². The number of methoxy groups -OCH3 is 2. The van der Waals surface area contributed by atoms with Gasteiger partial charge in [0.25, 0.3) is 11.7 Å². The van der Waals surface area contributed by atoms with E-state index >= 15 is 0 Å². The van der Waals surface area contributed by atoms with E-state index in [0.29, 0.717) is 23.5 Å². The molecule has 2 aromatic carbocycles. The molecule has 34 heavy (non-hydrogen) atoms. The maximum atomic E-state index is 13.4. The van der Waals surface area contributed by atoms with Gasteiger partial charge in [-0.3, -0.25) is 14.6 Å². The Hall–Kier alpha value is -4.20. The molecule has 1 N–H and O–H groups in total. The van der Waals surface area contributed by atoms with Gasteiger partial charge < -0.3 is 19.5 Å². The van der Waals surface area contributed by atoms with Crippen LogP contribution in [0.1, 0.15) is 22.7 Å². The van der Waals surface area contributed by atoms with Crippen LogP contribution in [0.25, 0.3) is 5.76 Å². The molecule has 0 bridgehead atoms. The number of nitrogens with zero attached hydrogens (tertiary/aromatic N) is 2. The number of aromatic nitrogens is 1. The van der Waals surface area contributed by atoms with Gasteiger partial charge in [-0.05, 0) is 60.0 Å². The predicted octanol–water partition coefficient (Wildman–Crippen LogP) is 3.90. The summed E-state index contributed by atoms with van der Waals surface area (Å²) < 4.78 is 24.0. The normalized spacial score (nSPS) is 17.1. The topological polar surface area (TPSA) is 89.0 Å². The van der Waals surface area contributed by atoms with E-state index in [1.807, 2.05) is 12.1 Å². The van der Waals surface area contributed by atoms with Crippen molar-refractivity contribution in [1.82, 2.24) is 9.88 Å². The van der Waals surface area contributed by atoms with Crippen molar-refractivity contribution in [1.29, 1.82) is 0 Å². The van der Waals surface area contributed by atoms with Crippen LogP contribution in [-0.2, 0) is 16.0 Å². The Balaban J connectivity index is 1.72. The van der Waals surface area contributed by atoms with Crippen LogP contribution in [-0.4, -0.2) is 47.4 Å². The lowest BCUT2D eigenvalue weighted by atomic mass is 9.96. The molecule has 3 aromatic rings. The molecule has 1 fully saturated rings. The molecule has 7 nitrogen and oxygen atoms in total. The molecule has 8 heteroatoms.